The minimum Gasteiger partial charge on any atom is -0.310 e. The summed E-state index contributed by atoms with van der Waals surface area (Å²) in [6, 6.07) is 1.25. The number of Topliss-reactive ketones (excluding diaryl/α,β-unsaturated/α-hetero) is 1. The van der Waals surface area contributed by atoms with Gasteiger partial charge in [-0.1, -0.05) is 0 Å². The summed E-state index contributed by atoms with van der Waals surface area (Å²) in [7, 11) is 0. The van der Waals surface area contributed by atoms with Crippen molar-refractivity contribution in [1.29, 1.82) is 0 Å². The molecule has 3 rings (SSSR count). The van der Waals surface area contributed by atoms with Crippen molar-refractivity contribution in [2.75, 3.05) is 0 Å². The Bertz CT molecular complexity index is 454. The van der Waals surface area contributed by atoms with Crippen LogP contribution in [-0.4, -0.2) is 32.6 Å². The maximum Gasteiger partial charge on any atom is 0.145 e. The second-order valence-corrected chi connectivity index (χ2v) is 5.75. The molecule has 0 aliphatic carbocycles. The molecular weight excluding hydrogens is 228 g/mol. The second-order valence-electron chi connectivity index (χ2n) is 5.75. The highest BCUT2D eigenvalue weighted by molar-refractivity contribution is 5.83. The van der Waals surface area contributed by atoms with E-state index >= 15 is 0 Å². The van der Waals surface area contributed by atoms with Gasteiger partial charge in [0, 0.05) is 24.0 Å². The molecule has 3 unspecified atom stereocenters. The highest BCUT2D eigenvalue weighted by Gasteiger charge is 2.42. The molecule has 5 nitrogen and oxygen atoms in total. The fourth-order valence-electron chi connectivity index (χ4n) is 3.30. The molecule has 3 atom stereocenters. The maximum atomic E-state index is 12.4. The van der Waals surface area contributed by atoms with E-state index in [1.54, 1.807) is 6.33 Å². The quantitative estimate of drug-likeness (QED) is 0.867. The molecule has 0 amide bonds. The first-order valence-corrected chi connectivity index (χ1v) is 6.82. The Kier molecular flexibility index (Phi) is 2.93. The minimum absolute atomic E-state index is 0.195. The number of hydrogen-bond acceptors (Lipinski definition) is 4. The summed E-state index contributed by atoms with van der Waals surface area (Å²) in [6.45, 7) is 4.11. The number of aromatic nitrogens is 3. The zero-order chi connectivity index (χ0) is 12.7. The van der Waals surface area contributed by atoms with Gasteiger partial charge in [-0.3, -0.25) is 4.79 Å². The Morgan fingerprint density at radius 2 is 2.39 bits per heavy atom. The molecule has 2 saturated heterocycles. The third-order valence-corrected chi connectivity index (χ3v) is 4.18. The van der Waals surface area contributed by atoms with Crippen LogP contribution < -0.4 is 5.32 Å². The first-order chi connectivity index (χ1) is 8.65. The lowest BCUT2D eigenvalue weighted by atomic mass is 9.85. The highest BCUT2D eigenvalue weighted by atomic mass is 16.1. The van der Waals surface area contributed by atoms with Gasteiger partial charge in [-0.2, -0.15) is 5.10 Å². The zero-order valence-corrected chi connectivity index (χ0v) is 11.0. The summed E-state index contributed by atoms with van der Waals surface area (Å²) < 4.78 is 1.85. The van der Waals surface area contributed by atoms with Crippen molar-refractivity contribution in [1.82, 2.24) is 20.1 Å². The van der Waals surface area contributed by atoms with E-state index in [9.17, 15) is 4.79 Å². The van der Waals surface area contributed by atoms with E-state index in [-0.39, 0.29) is 12.0 Å². The van der Waals surface area contributed by atoms with Crippen LogP contribution in [0.3, 0.4) is 0 Å². The molecule has 2 fully saturated rings. The topological polar surface area (TPSA) is 59.8 Å². The van der Waals surface area contributed by atoms with E-state index < -0.39 is 0 Å². The van der Waals surface area contributed by atoms with E-state index in [2.05, 4.69) is 29.2 Å². The van der Waals surface area contributed by atoms with Crippen molar-refractivity contribution >= 4 is 5.78 Å². The summed E-state index contributed by atoms with van der Waals surface area (Å²) in [5.74, 6) is 1.32. The van der Waals surface area contributed by atoms with Crippen molar-refractivity contribution in [3.8, 4) is 0 Å². The first kappa shape index (κ1) is 11.8. The van der Waals surface area contributed by atoms with Crippen molar-refractivity contribution in [2.24, 2.45) is 5.92 Å². The molecule has 0 aromatic carbocycles. The maximum absolute atomic E-state index is 12.4. The Balaban J connectivity index is 1.69. The van der Waals surface area contributed by atoms with Gasteiger partial charge in [0.15, 0.2) is 0 Å². The zero-order valence-electron chi connectivity index (χ0n) is 11.0. The van der Waals surface area contributed by atoms with Crippen LogP contribution in [0.2, 0.25) is 0 Å². The number of hydrogen-bond donors (Lipinski definition) is 1. The van der Waals surface area contributed by atoms with Gasteiger partial charge in [0.25, 0.3) is 0 Å². The lowest BCUT2D eigenvalue weighted by Crippen LogP contribution is -2.30. The molecule has 98 valence electrons. The normalized spacial score (nSPS) is 30.3. The van der Waals surface area contributed by atoms with Crippen molar-refractivity contribution in [3.05, 3.63) is 12.2 Å². The number of nitrogens with zero attached hydrogens (tertiary/aromatic N) is 3. The molecule has 2 aliphatic rings. The molecule has 1 N–H and O–H groups in total. The third-order valence-electron chi connectivity index (χ3n) is 4.18. The number of nitrogens with one attached hydrogen (secondary N) is 1. The minimum atomic E-state index is 0.195. The summed E-state index contributed by atoms with van der Waals surface area (Å²) in [6.07, 6.45) is 5.36. The molecule has 18 heavy (non-hydrogen) atoms. The first-order valence-electron chi connectivity index (χ1n) is 6.82. The smallest absolute Gasteiger partial charge is 0.145 e. The van der Waals surface area contributed by atoms with Crippen LogP contribution in [0.1, 0.15) is 45.0 Å². The SMILES string of the molecule is CC(C)n1ncnc1CC(=O)C1CC2CCC1N2. The van der Waals surface area contributed by atoms with Gasteiger partial charge in [0.1, 0.15) is 17.9 Å². The predicted molar refractivity (Wildman–Crippen MR) is 67.2 cm³/mol. The Morgan fingerprint density at radius 1 is 1.56 bits per heavy atom. The molecule has 5 heteroatoms. The molecule has 0 saturated carbocycles. The largest absolute Gasteiger partial charge is 0.310 e. The monoisotopic (exact) mass is 248 g/mol. The van der Waals surface area contributed by atoms with Crippen LogP contribution in [0.5, 0.6) is 0 Å². The Hall–Kier alpha value is -1.23. The van der Waals surface area contributed by atoms with E-state index in [1.807, 2.05) is 4.68 Å². The van der Waals surface area contributed by atoms with Crippen LogP contribution in [0.25, 0.3) is 0 Å². The summed E-state index contributed by atoms with van der Waals surface area (Å²) >= 11 is 0. The number of rotatable bonds is 4. The van der Waals surface area contributed by atoms with Crippen molar-refractivity contribution in [3.63, 3.8) is 0 Å². The highest BCUT2D eigenvalue weighted by Crippen LogP contribution is 2.34. The van der Waals surface area contributed by atoms with Crippen LogP contribution in [0.15, 0.2) is 6.33 Å². The van der Waals surface area contributed by atoms with Crippen LogP contribution >= 0.6 is 0 Å². The number of carbonyl (C=O) groups is 1. The molecule has 0 radical (unpaired) electrons. The summed E-state index contributed by atoms with van der Waals surface area (Å²) in [5, 5.41) is 7.69. The van der Waals surface area contributed by atoms with Gasteiger partial charge in [-0.25, -0.2) is 9.67 Å². The summed E-state index contributed by atoms with van der Waals surface area (Å²) in [4.78, 5) is 16.6. The lowest BCUT2D eigenvalue weighted by molar-refractivity contribution is -0.122. The molecule has 1 aromatic rings. The van der Waals surface area contributed by atoms with Crippen molar-refractivity contribution < 1.29 is 4.79 Å². The van der Waals surface area contributed by atoms with Gasteiger partial charge in [0.2, 0.25) is 0 Å². The number of carbonyl (C=O) groups excluding carboxylic acids is 1. The van der Waals surface area contributed by atoms with Gasteiger partial charge in [-0.15, -0.1) is 0 Å². The van der Waals surface area contributed by atoms with E-state index in [1.165, 1.54) is 6.42 Å². The van der Waals surface area contributed by atoms with Gasteiger partial charge < -0.3 is 5.32 Å². The predicted octanol–water partition coefficient (Wildman–Crippen LogP) is 1.11. The van der Waals surface area contributed by atoms with Crippen LogP contribution in [0, 0.1) is 5.92 Å². The van der Waals surface area contributed by atoms with Gasteiger partial charge in [-0.05, 0) is 33.1 Å². The third kappa shape index (κ3) is 1.96. The molecule has 2 aliphatic heterocycles. The van der Waals surface area contributed by atoms with E-state index in [0.29, 0.717) is 24.3 Å². The average Bonchev–Trinajstić information content (AvgIpc) is 3.03. The lowest BCUT2D eigenvalue weighted by Gasteiger charge is -2.18. The van der Waals surface area contributed by atoms with Crippen molar-refractivity contribution in [2.45, 2.75) is 57.7 Å². The molecule has 0 spiro atoms. The second kappa shape index (κ2) is 4.46. The molecule has 1 aromatic heterocycles. The number of fused-ring (bicyclic) bond motifs is 2. The fraction of sp³-hybridized carbons (Fsp3) is 0.769. The molecular formula is C13H20N4O. The molecule has 3 heterocycles. The van der Waals surface area contributed by atoms with Crippen LogP contribution in [-0.2, 0) is 11.2 Å². The van der Waals surface area contributed by atoms with Crippen LogP contribution in [0.4, 0.5) is 0 Å². The van der Waals surface area contributed by atoms with Gasteiger partial charge in [0.05, 0.1) is 6.42 Å². The van der Waals surface area contributed by atoms with Gasteiger partial charge >= 0.3 is 0 Å². The fourth-order valence-corrected chi connectivity index (χ4v) is 3.30. The standard InChI is InChI=1S/C13H20N4O/c1-8(2)17-13(14-7-15-17)6-12(18)10-5-9-3-4-11(10)16-9/h7-11,16H,3-6H2,1-2H3. The Labute approximate surface area is 107 Å². The average molecular weight is 248 g/mol. The van der Waals surface area contributed by atoms with E-state index in [4.69, 9.17) is 0 Å². The summed E-state index contributed by atoms with van der Waals surface area (Å²) in [5.41, 5.74) is 0. The molecule has 2 bridgehead atoms. The number of ketones is 1. The Morgan fingerprint density at radius 3 is 3.00 bits per heavy atom. The van der Waals surface area contributed by atoms with E-state index in [0.717, 1.165) is 18.7 Å².